The van der Waals surface area contributed by atoms with Crippen LogP contribution in [0.4, 0.5) is 17.1 Å². The Hall–Kier alpha value is -3.16. The highest BCUT2D eigenvalue weighted by molar-refractivity contribution is 6.30. The van der Waals surface area contributed by atoms with Gasteiger partial charge in [-0.05, 0) is 42.5 Å². The van der Waals surface area contributed by atoms with Crippen LogP contribution in [0.1, 0.15) is 6.92 Å². The molecule has 5 rings (SSSR count). The number of carbonyl (C=O) groups excluding carboxylic acids is 3. The molecule has 2 aromatic rings. The maximum Gasteiger partial charge on any atom is 0.234 e. The summed E-state index contributed by atoms with van der Waals surface area (Å²) in [6.45, 7) is 1.77. The van der Waals surface area contributed by atoms with E-state index in [9.17, 15) is 14.4 Å². The lowest BCUT2D eigenvalue weighted by Gasteiger charge is -2.23. The van der Waals surface area contributed by atoms with Crippen LogP contribution in [0, 0.1) is 11.8 Å². The number of anilines is 3. The summed E-state index contributed by atoms with van der Waals surface area (Å²) >= 11 is 6.02. The van der Waals surface area contributed by atoms with Gasteiger partial charge in [0.15, 0.2) is 0 Å². The lowest BCUT2D eigenvalue weighted by molar-refractivity contribution is -0.128. The van der Waals surface area contributed by atoms with Crippen LogP contribution in [-0.2, 0) is 19.1 Å². The third-order valence-corrected chi connectivity index (χ3v) is 6.23. The van der Waals surface area contributed by atoms with E-state index in [-0.39, 0.29) is 17.7 Å². The molecule has 2 bridgehead atoms. The lowest BCUT2D eigenvalue weighted by atomic mass is 9.77. The fraction of sp³-hybridized carbons (Fsp3) is 0.261. The number of hydrogen-bond acceptors (Lipinski definition) is 4. The quantitative estimate of drug-likeness (QED) is 0.719. The second kappa shape index (κ2) is 7.21. The first-order valence-corrected chi connectivity index (χ1v) is 10.4. The Morgan fingerprint density at radius 1 is 1.13 bits per heavy atom. The van der Waals surface area contributed by atoms with Gasteiger partial charge in [-0.15, -0.1) is 0 Å². The molecule has 2 fully saturated rings. The van der Waals surface area contributed by atoms with E-state index in [2.05, 4.69) is 10.6 Å². The molecule has 7 nitrogen and oxygen atoms in total. The molecule has 0 aliphatic carbocycles. The highest BCUT2D eigenvalue weighted by Crippen LogP contribution is 2.52. The van der Waals surface area contributed by atoms with Crippen molar-refractivity contribution >= 4 is 46.4 Å². The molecule has 2 saturated heterocycles. The molecule has 158 valence electrons. The molecule has 0 radical (unpaired) electrons. The molecular weight excluding hydrogens is 418 g/mol. The second-order valence-corrected chi connectivity index (χ2v) is 8.49. The van der Waals surface area contributed by atoms with E-state index in [4.69, 9.17) is 16.3 Å². The average molecular weight is 438 g/mol. The number of halogens is 1. The summed E-state index contributed by atoms with van der Waals surface area (Å²) in [5.41, 5.74) is 1.11. The van der Waals surface area contributed by atoms with E-state index in [1.807, 2.05) is 12.2 Å². The number of rotatable bonds is 4. The second-order valence-electron chi connectivity index (χ2n) is 8.05. The van der Waals surface area contributed by atoms with Crippen molar-refractivity contribution in [2.24, 2.45) is 11.8 Å². The zero-order valence-corrected chi connectivity index (χ0v) is 17.4. The third-order valence-electron chi connectivity index (χ3n) is 5.99. The number of nitrogens with one attached hydrogen (secondary N) is 2. The third kappa shape index (κ3) is 3.30. The van der Waals surface area contributed by atoms with Crippen molar-refractivity contribution in [3.05, 3.63) is 65.7 Å². The van der Waals surface area contributed by atoms with E-state index in [0.717, 1.165) is 0 Å². The molecule has 3 heterocycles. The summed E-state index contributed by atoms with van der Waals surface area (Å²) in [6.07, 6.45) is 3.35. The van der Waals surface area contributed by atoms with Crippen molar-refractivity contribution < 1.29 is 19.1 Å². The highest BCUT2D eigenvalue weighted by Gasteiger charge is 2.67. The minimum atomic E-state index is -0.811. The smallest absolute Gasteiger partial charge is 0.234 e. The molecule has 1 spiro atoms. The standard InChI is InChI=1S/C23H20ClN3O4/c1-13(28)25-15-5-7-17(8-6-15)27-12-23-10-9-18(31-23)19(20(23)22(27)30)21(29)26-16-4-2-3-14(24)11-16/h2-11,18-20H,12H2,1H3,(H,25,28)(H,26,29)/t18-,19?,20?,23-/m1/s1. The fourth-order valence-corrected chi connectivity index (χ4v) is 4.93. The first kappa shape index (κ1) is 19.8. The van der Waals surface area contributed by atoms with Gasteiger partial charge in [-0.25, -0.2) is 0 Å². The molecule has 8 heteroatoms. The normalized spacial score (nSPS) is 28.0. The van der Waals surface area contributed by atoms with E-state index in [1.165, 1.54) is 6.92 Å². The predicted octanol–water partition coefficient (Wildman–Crippen LogP) is 3.22. The van der Waals surface area contributed by atoms with Gasteiger partial charge in [0, 0.05) is 29.0 Å². The summed E-state index contributed by atoms with van der Waals surface area (Å²) in [7, 11) is 0. The first-order chi connectivity index (χ1) is 14.9. The molecule has 0 saturated carbocycles. The van der Waals surface area contributed by atoms with E-state index >= 15 is 0 Å². The van der Waals surface area contributed by atoms with E-state index in [0.29, 0.717) is 28.6 Å². The van der Waals surface area contributed by atoms with Crippen molar-refractivity contribution in [3.63, 3.8) is 0 Å². The van der Waals surface area contributed by atoms with Crippen molar-refractivity contribution in [1.29, 1.82) is 0 Å². The molecule has 0 aromatic heterocycles. The Labute approximate surface area is 184 Å². The summed E-state index contributed by atoms with van der Waals surface area (Å²) in [4.78, 5) is 39.4. The highest BCUT2D eigenvalue weighted by atomic mass is 35.5. The van der Waals surface area contributed by atoms with Crippen LogP contribution in [0.15, 0.2) is 60.7 Å². The molecule has 2 N–H and O–H groups in total. The van der Waals surface area contributed by atoms with Crippen LogP contribution in [0.5, 0.6) is 0 Å². The van der Waals surface area contributed by atoms with Gasteiger partial charge >= 0.3 is 0 Å². The Kier molecular flexibility index (Phi) is 4.60. The minimum Gasteiger partial charge on any atom is -0.360 e. The molecule has 2 unspecified atom stereocenters. The van der Waals surface area contributed by atoms with E-state index in [1.54, 1.807) is 53.4 Å². The maximum absolute atomic E-state index is 13.4. The monoisotopic (exact) mass is 437 g/mol. The molecule has 4 atom stereocenters. The predicted molar refractivity (Wildman–Crippen MR) is 117 cm³/mol. The summed E-state index contributed by atoms with van der Waals surface area (Å²) in [5, 5.41) is 6.10. The zero-order valence-electron chi connectivity index (χ0n) is 16.7. The van der Waals surface area contributed by atoms with Crippen LogP contribution in [0.25, 0.3) is 0 Å². The molecule has 31 heavy (non-hydrogen) atoms. The summed E-state index contributed by atoms with van der Waals surface area (Å²) in [6, 6.07) is 13.9. The Morgan fingerprint density at radius 2 is 1.90 bits per heavy atom. The van der Waals surface area contributed by atoms with Gasteiger partial charge < -0.3 is 20.3 Å². The van der Waals surface area contributed by atoms with Gasteiger partial charge in [-0.2, -0.15) is 0 Å². The first-order valence-electron chi connectivity index (χ1n) is 9.99. The fourth-order valence-electron chi connectivity index (χ4n) is 4.74. The van der Waals surface area contributed by atoms with Gasteiger partial charge in [0.2, 0.25) is 17.7 Å². The summed E-state index contributed by atoms with van der Waals surface area (Å²) in [5.74, 6) is -1.80. The van der Waals surface area contributed by atoms with Crippen LogP contribution in [0.2, 0.25) is 5.02 Å². The van der Waals surface area contributed by atoms with Gasteiger partial charge in [-0.1, -0.05) is 29.8 Å². The summed E-state index contributed by atoms with van der Waals surface area (Å²) < 4.78 is 6.16. The average Bonchev–Trinajstić information content (AvgIpc) is 3.36. The largest absolute Gasteiger partial charge is 0.360 e. The topological polar surface area (TPSA) is 87.7 Å². The van der Waals surface area contributed by atoms with Crippen molar-refractivity contribution in [2.45, 2.75) is 18.6 Å². The minimum absolute atomic E-state index is 0.148. The van der Waals surface area contributed by atoms with Crippen LogP contribution < -0.4 is 15.5 Å². The zero-order chi connectivity index (χ0) is 21.8. The van der Waals surface area contributed by atoms with Gasteiger partial charge in [0.1, 0.15) is 5.60 Å². The number of nitrogens with zero attached hydrogens (tertiary/aromatic N) is 1. The Balaban J connectivity index is 1.39. The Morgan fingerprint density at radius 3 is 2.61 bits per heavy atom. The number of benzene rings is 2. The van der Waals surface area contributed by atoms with Crippen LogP contribution >= 0.6 is 11.6 Å². The SMILES string of the molecule is CC(=O)Nc1ccc(N2C[C@@]34C=C[C@@H](O3)C(C(=O)Nc3cccc(Cl)c3)C4C2=O)cc1. The number of carbonyl (C=O) groups is 3. The lowest BCUT2D eigenvalue weighted by Crippen LogP contribution is -2.41. The van der Waals surface area contributed by atoms with Crippen molar-refractivity contribution in [3.8, 4) is 0 Å². The van der Waals surface area contributed by atoms with E-state index < -0.39 is 23.5 Å². The van der Waals surface area contributed by atoms with Gasteiger partial charge in [0.25, 0.3) is 0 Å². The number of amides is 3. The molecule has 3 aliphatic rings. The Bertz CT molecular complexity index is 1120. The maximum atomic E-state index is 13.4. The molecule has 3 amide bonds. The van der Waals surface area contributed by atoms with Gasteiger partial charge in [-0.3, -0.25) is 14.4 Å². The van der Waals surface area contributed by atoms with Crippen LogP contribution in [-0.4, -0.2) is 36.0 Å². The van der Waals surface area contributed by atoms with Crippen molar-refractivity contribution in [2.75, 3.05) is 22.1 Å². The van der Waals surface area contributed by atoms with Gasteiger partial charge in [0.05, 0.1) is 24.5 Å². The number of ether oxygens (including phenoxy) is 1. The van der Waals surface area contributed by atoms with Crippen molar-refractivity contribution in [1.82, 2.24) is 0 Å². The number of fused-ring (bicyclic) bond motifs is 1. The molecular formula is C23H20ClN3O4. The number of hydrogen-bond donors (Lipinski definition) is 2. The molecule has 2 aromatic carbocycles. The van der Waals surface area contributed by atoms with Crippen LogP contribution in [0.3, 0.4) is 0 Å². The molecule has 3 aliphatic heterocycles.